The summed E-state index contributed by atoms with van der Waals surface area (Å²) in [5.74, 6) is -0.487. The Morgan fingerprint density at radius 2 is 1.90 bits per heavy atom. The lowest BCUT2D eigenvalue weighted by Gasteiger charge is -2.24. The lowest BCUT2D eigenvalue weighted by Crippen LogP contribution is -2.37. The van der Waals surface area contributed by atoms with Gasteiger partial charge in [0.25, 0.3) is 0 Å². The fourth-order valence-corrected chi connectivity index (χ4v) is 1.96. The average Bonchev–Trinajstić information content (AvgIpc) is 2.32. The van der Waals surface area contributed by atoms with Crippen LogP contribution in [0.1, 0.15) is 19.8 Å². The van der Waals surface area contributed by atoms with E-state index in [1.54, 1.807) is 0 Å². The summed E-state index contributed by atoms with van der Waals surface area (Å²) in [4.78, 5) is 20.7. The molecular weight excluding hydrogens is 301 g/mol. The number of nitrogens with zero attached hydrogens (tertiary/aromatic N) is 1. The van der Waals surface area contributed by atoms with E-state index < -0.39 is 33.1 Å². The lowest BCUT2D eigenvalue weighted by atomic mass is 10.3. The Labute approximate surface area is 125 Å². The van der Waals surface area contributed by atoms with Gasteiger partial charge in [0.15, 0.2) is 0 Å². The predicted octanol–water partition coefficient (Wildman–Crippen LogP) is 0.530. The van der Waals surface area contributed by atoms with Crippen molar-refractivity contribution in [2.75, 3.05) is 47.5 Å². The van der Waals surface area contributed by atoms with E-state index in [0.717, 1.165) is 0 Å². The van der Waals surface area contributed by atoms with Crippen LogP contribution in [-0.2, 0) is 23.1 Å². The summed E-state index contributed by atoms with van der Waals surface area (Å²) in [5.41, 5.74) is 0. The van der Waals surface area contributed by atoms with Crippen molar-refractivity contribution in [2.45, 2.75) is 25.9 Å². The van der Waals surface area contributed by atoms with Crippen LogP contribution in [0.5, 0.6) is 0 Å². The van der Waals surface area contributed by atoms with Gasteiger partial charge in [-0.05, 0) is 6.42 Å². The van der Waals surface area contributed by atoms with Gasteiger partial charge in [-0.3, -0.25) is 13.8 Å². The minimum atomic E-state index is -4.22. The zero-order valence-electron chi connectivity index (χ0n) is 13.2. The minimum absolute atomic E-state index is 0.0523. The Balaban J connectivity index is 4.14. The number of carbonyl (C=O) groups excluding carboxylic acids is 1. The van der Waals surface area contributed by atoms with Crippen molar-refractivity contribution in [3.8, 4) is 0 Å². The van der Waals surface area contributed by atoms with Crippen LogP contribution in [0.3, 0.4) is 0 Å². The smallest absolute Gasteiger partial charge is 0.457 e. The second kappa shape index (κ2) is 9.50. The van der Waals surface area contributed by atoms with Crippen LogP contribution < -0.4 is 0 Å². The van der Waals surface area contributed by atoms with Crippen LogP contribution in [0.15, 0.2) is 0 Å². The Morgan fingerprint density at radius 1 is 1.29 bits per heavy atom. The number of likely N-dealkylation sites (N-methyl/N-ethyl adjacent to an activating group) is 1. The summed E-state index contributed by atoms with van der Waals surface area (Å²) in [6.07, 6.45) is -0.149. The number of aliphatic hydroxyl groups is 1. The molecule has 8 nitrogen and oxygen atoms in total. The van der Waals surface area contributed by atoms with E-state index in [2.05, 4.69) is 0 Å². The summed E-state index contributed by atoms with van der Waals surface area (Å²) < 4.78 is 26.6. The molecule has 0 aromatic carbocycles. The molecule has 0 bridgehead atoms. The summed E-state index contributed by atoms with van der Waals surface area (Å²) >= 11 is 0. The van der Waals surface area contributed by atoms with Gasteiger partial charge in [-0.25, -0.2) is 4.57 Å². The molecular formula is C12H27NO7P+. The molecule has 9 heteroatoms. The van der Waals surface area contributed by atoms with Crippen molar-refractivity contribution in [3.05, 3.63) is 0 Å². The molecule has 0 aliphatic rings. The largest absolute Gasteiger partial charge is 0.472 e. The molecule has 0 fully saturated rings. The van der Waals surface area contributed by atoms with Crippen molar-refractivity contribution >= 4 is 13.8 Å². The quantitative estimate of drug-likeness (QED) is 0.324. The van der Waals surface area contributed by atoms with E-state index >= 15 is 0 Å². The number of esters is 1. The first-order valence-electron chi connectivity index (χ1n) is 6.82. The van der Waals surface area contributed by atoms with Crippen LogP contribution >= 0.6 is 7.82 Å². The van der Waals surface area contributed by atoms with Gasteiger partial charge >= 0.3 is 13.8 Å². The van der Waals surface area contributed by atoms with Crippen molar-refractivity contribution < 1.29 is 37.6 Å². The summed E-state index contributed by atoms with van der Waals surface area (Å²) in [6.45, 7) is 1.51. The van der Waals surface area contributed by atoms with Gasteiger partial charge < -0.3 is 19.2 Å². The third-order valence-corrected chi connectivity index (χ3v) is 3.38. The maximum absolute atomic E-state index is 11.6. The van der Waals surface area contributed by atoms with Gasteiger partial charge in [-0.15, -0.1) is 0 Å². The van der Waals surface area contributed by atoms with Crippen LogP contribution in [0.2, 0.25) is 0 Å². The number of hydrogen-bond acceptors (Lipinski definition) is 6. The highest BCUT2D eigenvalue weighted by Gasteiger charge is 2.25. The second-order valence-corrected chi connectivity index (χ2v) is 7.11. The lowest BCUT2D eigenvalue weighted by molar-refractivity contribution is -0.870. The third-order valence-electron chi connectivity index (χ3n) is 2.40. The Kier molecular flexibility index (Phi) is 9.28. The third kappa shape index (κ3) is 11.8. The highest BCUT2D eigenvalue weighted by molar-refractivity contribution is 7.47. The number of phosphoric acid groups is 1. The molecule has 0 aromatic heterocycles. The number of quaternary nitrogens is 1. The second-order valence-electron chi connectivity index (χ2n) is 5.66. The Bertz CT molecular complexity index is 356. The summed E-state index contributed by atoms with van der Waals surface area (Å²) in [7, 11) is 1.54. The normalized spacial score (nSPS) is 16.3. The Hall–Kier alpha value is -0.500. The summed E-state index contributed by atoms with van der Waals surface area (Å²) in [5, 5.41) is 9.05. The van der Waals surface area contributed by atoms with Crippen LogP contribution in [0, 0.1) is 0 Å². The summed E-state index contributed by atoms with van der Waals surface area (Å²) in [6, 6.07) is 0. The van der Waals surface area contributed by atoms with E-state index in [1.807, 2.05) is 28.1 Å². The fraction of sp³-hybridized carbons (Fsp3) is 0.917. The minimum Gasteiger partial charge on any atom is -0.457 e. The average molecular weight is 328 g/mol. The fourth-order valence-electron chi connectivity index (χ4n) is 1.22. The maximum Gasteiger partial charge on any atom is 0.472 e. The van der Waals surface area contributed by atoms with Gasteiger partial charge in [-0.1, -0.05) is 6.92 Å². The van der Waals surface area contributed by atoms with E-state index in [9.17, 15) is 14.3 Å². The molecule has 0 rings (SSSR count). The van der Waals surface area contributed by atoms with E-state index in [0.29, 0.717) is 17.4 Å². The molecule has 0 aromatic rings. The molecule has 0 aliphatic carbocycles. The van der Waals surface area contributed by atoms with E-state index in [4.69, 9.17) is 18.9 Å². The molecule has 2 N–H and O–H groups in total. The molecule has 0 saturated carbocycles. The SMILES string of the molecule is CCCC(=O)O[C@@H](CO)COP(=O)(O)OCC[N+](C)(C)C. The van der Waals surface area contributed by atoms with Gasteiger partial charge in [0.05, 0.1) is 34.4 Å². The van der Waals surface area contributed by atoms with Gasteiger partial charge in [0.1, 0.15) is 19.3 Å². The first-order chi connectivity index (χ1) is 9.59. The van der Waals surface area contributed by atoms with Crippen LogP contribution in [-0.4, -0.2) is 74.1 Å². The maximum atomic E-state index is 11.6. The van der Waals surface area contributed by atoms with Crippen LogP contribution in [0.25, 0.3) is 0 Å². The number of aliphatic hydroxyl groups excluding tert-OH is 1. The van der Waals surface area contributed by atoms with Gasteiger partial charge in [-0.2, -0.15) is 0 Å². The van der Waals surface area contributed by atoms with Crippen molar-refractivity contribution in [2.24, 2.45) is 0 Å². The van der Waals surface area contributed by atoms with Gasteiger partial charge in [0, 0.05) is 6.42 Å². The zero-order valence-corrected chi connectivity index (χ0v) is 14.0. The van der Waals surface area contributed by atoms with E-state index in [1.165, 1.54) is 0 Å². The van der Waals surface area contributed by atoms with Crippen molar-refractivity contribution in [1.29, 1.82) is 0 Å². The molecule has 0 heterocycles. The molecule has 1 unspecified atom stereocenters. The molecule has 2 atom stereocenters. The van der Waals surface area contributed by atoms with Crippen molar-refractivity contribution in [3.63, 3.8) is 0 Å². The number of phosphoric ester groups is 1. The first-order valence-corrected chi connectivity index (χ1v) is 8.32. The molecule has 0 saturated heterocycles. The van der Waals surface area contributed by atoms with Gasteiger partial charge in [0.2, 0.25) is 0 Å². The number of carbonyl (C=O) groups is 1. The topological polar surface area (TPSA) is 102 Å². The molecule has 0 radical (unpaired) electrons. The molecule has 21 heavy (non-hydrogen) atoms. The Morgan fingerprint density at radius 3 is 2.38 bits per heavy atom. The molecule has 0 aliphatic heterocycles. The standard InChI is InChI=1S/C12H26NO7P/c1-5-6-12(15)20-11(9-14)10-19-21(16,17)18-8-7-13(2,3)4/h11,14H,5-10H2,1-4H3/p+1/t11-/m0/s1. The number of hydrogen-bond donors (Lipinski definition) is 2. The highest BCUT2D eigenvalue weighted by Crippen LogP contribution is 2.43. The van der Waals surface area contributed by atoms with E-state index in [-0.39, 0.29) is 13.0 Å². The zero-order chi connectivity index (χ0) is 16.5. The molecule has 0 spiro atoms. The monoisotopic (exact) mass is 328 g/mol. The van der Waals surface area contributed by atoms with Crippen LogP contribution in [0.4, 0.5) is 0 Å². The molecule has 0 amide bonds. The first kappa shape index (κ1) is 20.5. The number of ether oxygens (including phenoxy) is 1. The number of rotatable bonds is 11. The van der Waals surface area contributed by atoms with Crippen molar-refractivity contribution in [1.82, 2.24) is 0 Å². The highest BCUT2D eigenvalue weighted by atomic mass is 31.2. The predicted molar refractivity (Wildman–Crippen MR) is 76.5 cm³/mol. The molecule has 126 valence electrons.